The van der Waals surface area contributed by atoms with Gasteiger partial charge in [-0.15, -0.1) is 0 Å². The lowest BCUT2D eigenvalue weighted by atomic mass is 9.85. The molecule has 44 heavy (non-hydrogen) atoms. The highest BCUT2D eigenvalue weighted by Crippen LogP contribution is 2.37. The first-order valence-corrected chi connectivity index (χ1v) is 14.7. The van der Waals surface area contributed by atoms with E-state index >= 15 is 0 Å². The predicted octanol–water partition coefficient (Wildman–Crippen LogP) is 11.1. The van der Waals surface area contributed by atoms with E-state index in [-0.39, 0.29) is 0 Å². The largest absolute Gasteiger partial charge is 0.192 e. The minimum Gasteiger partial charge on any atom is -0.192 e. The summed E-state index contributed by atoms with van der Waals surface area (Å²) >= 11 is 0. The highest BCUT2D eigenvalue weighted by Gasteiger charge is 2.16. The Bertz CT molecular complexity index is 1910. The number of hydrogen-bond acceptors (Lipinski definition) is 1. The van der Waals surface area contributed by atoms with E-state index in [1.54, 1.807) is 0 Å². The third-order valence-corrected chi connectivity index (χ3v) is 7.74. The normalized spacial score (nSPS) is 10.9. The zero-order valence-corrected chi connectivity index (χ0v) is 24.4. The number of benzene rings is 6. The Kier molecular flexibility index (Phi) is 8.54. The average molecular weight is 562 g/mol. The zero-order chi connectivity index (χ0) is 30.1. The van der Waals surface area contributed by atoms with Crippen LogP contribution in [-0.4, -0.2) is 0 Å². The van der Waals surface area contributed by atoms with E-state index in [2.05, 4.69) is 158 Å². The number of hydrogen-bond donors (Lipinski definition) is 0. The van der Waals surface area contributed by atoms with E-state index in [0.29, 0.717) is 5.57 Å². The summed E-state index contributed by atoms with van der Waals surface area (Å²) in [5, 5.41) is 10.1. The molecule has 0 spiro atoms. The molecule has 0 amide bonds. The van der Waals surface area contributed by atoms with Crippen LogP contribution < -0.4 is 0 Å². The molecular formula is C43H31N. The van der Waals surface area contributed by atoms with Crippen LogP contribution in [0.3, 0.4) is 0 Å². The lowest BCUT2D eigenvalue weighted by Crippen LogP contribution is -1.97. The van der Waals surface area contributed by atoms with Crippen molar-refractivity contribution in [2.24, 2.45) is 0 Å². The third kappa shape index (κ3) is 6.26. The van der Waals surface area contributed by atoms with Gasteiger partial charge in [-0.3, -0.25) is 0 Å². The number of nitrogens with zero attached hydrogens (tertiary/aromatic N) is 1. The molecular weight excluding hydrogens is 530 g/mol. The van der Waals surface area contributed by atoms with Crippen molar-refractivity contribution in [2.45, 2.75) is 0 Å². The van der Waals surface area contributed by atoms with Crippen LogP contribution in [0.25, 0.3) is 40.0 Å². The van der Waals surface area contributed by atoms with Crippen LogP contribution in [0, 0.1) is 11.3 Å². The first-order chi connectivity index (χ1) is 21.7. The molecule has 0 aliphatic rings. The van der Waals surface area contributed by atoms with Crippen molar-refractivity contribution in [1.82, 2.24) is 0 Å². The minimum atomic E-state index is 0.624. The fourth-order valence-corrected chi connectivity index (χ4v) is 5.47. The van der Waals surface area contributed by atoms with Crippen LogP contribution in [0.1, 0.15) is 38.9 Å². The van der Waals surface area contributed by atoms with Crippen LogP contribution in [0.15, 0.2) is 170 Å². The van der Waals surface area contributed by atoms with Crippen molar-refractivity contribution in [3.8, 4) is 17.2 Å². The van der Waals surface area contributed by atoms with Gasteiger partial charge in [0.2, 0.25) is 0 Å². The molecule has 0 aromatic heterocycles. The molecule has 0 saturated heterocycles. The molecule has 0 heterocycles. The molecule has 0 fully saturated rings. The first kappa shape index (κ1) is 28.2. The van der Waals surface area contributed by atoms with E-state index in [9.17, 15) is 5.26 Å². The van der Waals surface area contributed by atoms with Gasteiger partial charge in [0, 0.05) is 0 Å². The second-order valence-corrected chi connectivity index (χ2v) is 10.5. The monoisotopic (exact) mass is 561 g/mol. The summed E-state index contributed by atoms with van der Waals surface area (Å²) in [6.07, 6.45) is 3.80. The van der Waals surface area contributed by atoms with E-state index in [0.717, 1.165) is 55.6 Å². The maximum absolute atomic E-state index is 10.1. The van der Waals surface area contributed by atoms with Crippen LogP contribution >= 0.6 is 0 Å². The number of allylic oxidation sites excluding steroid dienone is 1. The standard InChI is InChI=1S/C43H31N/c1-2-32-18-22-34(23-19-32)35-26-28-36(29-27-35)41(31-44)30-33-20-24-40(25-21-33)43(39-16-10-5-11-17-39)42(37-12-6-3-7-13-37)38-14-8-4-9-15-38/h2-30H,1H2/b41-30+. The second-order valence-electron chi connectivity index (χ2n) is 10.5. The Balaban J connectivity index is 1.38. The maximum atomic E-state index is 10.1. The van der Waals surface area contributed by atoms with Crippen LogP contribution in [-0.2, 0) is 0 Å². The lowest BCUT2D eigenvalue weighted by molar-refractivity contribution is 1.49. The Morgan fingerprint density at radius 2 is 0.795 bits per heavy atom. The molecule has 6 aromatic carbocycles. The van der Waals surface area contributed by atoms with Gasteiger partial charge in [0.25, 0.3) is 0 Å². The summed E-state index contributed by atoms with van der Waals surface area (Å²) in [6, 6.07) is 59.1. The molecule has 0 bridgehead atoms. The summed E-state index contributed by atoms with van der Waals surface area (Å²) < 4.78 is 0. The molecule has 1 nitrogen and oxygen atoms in total. The van der Waals surface area contributed by atoms with Crippen molar-refractivity contribution in [2.75, 3.05) is 0 Å². The van der Waals surface area contributed by atoms with Gasteiger partial charge >= 0.3 is 0 Å². The number of nitriles is 1. The smallest absolute Gasteiger partial charge is 0.0998 e. The van der Waals surface area contributed by atoms with Crippen LogP contribution in [0.2, 0.25) is 0 Å². The molecule has 0 radical (unpaired) electrons. The molecule has 0 atom stereocenters. The fourth-order valence-electron chi connectivity index (χ4n) is 5.47. The fraction of sp³-hybridized carbons (Fsp3) is 0. The highest BCUT2D eigenvalue weighted by molar-refractivity contribution is 6.04. The molecule has 0 saturated carbocycles. The summed E-state index contributed by atoms with van der Waals surface area (Å²) in [5.74, 6) is 0. The van der Waals surface area contributed by atoms with Crippen molar-refractivity contribution >= 4 is 28.9 Å². The van der Waals surface area contributed by atoms with Gasteiger partial charge in [-0.25, -0.2) is 0 Å². The summed E-state index contributed by atoms with van der Waals surface area (Å²) in [6.45, 7) is 3.83. The van der Waals surface area contributed by atoms with Crippen molar-refractivity contribution in [3.05, 3.63) is 209 Å². The third-order valence-electron chi connectivity index (χ3n) is 7.74. The average Bonchev–Trinajstić information content (AvgIpc) is 3.11. The molecule has 0 aliphatic heterocycles. The second kappa shape index (κ2) is 13.3. The van der Waals surface area contributed by atoms with Gasteiger partial charge in [0.05, 0.1) is 11.6 Å². The van der Waals surface area contributed by atoms with E-state index in [4.69, 9.17) is 0 Å². The SMILES string of the molecule is C=Cc1ccc(-c2ccc(/C(C#N)=C/c3ccc(C(=C(c4ccccc4)c4ccccc4)c4ccccc4)cc3)cc2)cc1. The van der Waals surface area contributed by atoms with Crippen LogP contribution in [0.5, 0.6) is 0 Å². The molecule has 6 aromatic rings. The van der Waals surface area contributed by atoms with E-state index in [1.165, 1.54) is 5.57 Å². The predicted molar refractivity (Wildman–Crippen MR) is 186 cm³/mol. The topological polar surface area (TPSA) is 23.8 Å². The van der Waals surface area contributed by atoms with Crippen molar-refractivity contribution in [3.63, 3.8) is 0 Å². The highest BCUT2D eigenvalue weighted by atomic mass is 14.3. The molecule has 0 N–H and O–H groups in total. The summed E-state index contributed by atoms with van der Waals surface area (Å²) in [5.41, 5.74) is 12.7. The van der Waals surface area contributed by atoms with Crippen molar-refractivity contribution in [1.29, 1.82) is 5.26 Å². The molecule has 1 heteroatoms. The van der Waals surface area contributed by atoms with Crippen molar-refractivity contribution < 1.29 is 0 Å². The van der Waals surface area contributed by atoms with Gasteiger partial charge in [-0.2, -0.15) is 5.26 Å². The Hall–Kier alpha value is -5.97. The van der Waals surface area contributed by atoms with Gasteiger partial charge in [-0.1, -0.05) is 176 Å². The molecule has 0 aliphatic carbocycles. The molecule has 6 rings (SSSR count). The Morgan fingerprint density at radius 3 is 1.20 bits per heavy atom. The quantitative estimate of drug-likeness (QED) is 0.134. The van der Waals surface area contributed by atoms with E-state index in [1.807, 2.05) is 30.4 Å². The Morgan fingerprint density at radius 1 is 0.432 bits per heavy atom. The maximum Gasteiger partial charge on any atom is 0.0998 e. The molecule has 0 unspecified atom stereocenters. The first-order valence-electron chi connectivity index (χ1n) is 14.7. The van der Waals surface area contributed by atoms with E-state index < -0.39 is 0 Å². The van der Waals surface area contributed by atoms with Gasteiger partial charge in [0.1, 0.15) is 0 Å². The van der Waals surface area contributed by atoms with Gasteiger partial charge in [-0.05, 0) is 67.3 Å². The Labute approximate surface area is 260 Å². The summed E-state index contributed by atoms with van der Waals surface area (Å²) in [4.78, 5) is 0. The lowest BCUT2D eigenvalue weighted by Gasteiger charge is -2.18. The number of rotatable bonds is 8. The zero-order valence-electron chi connectivity index (χ0n) is 24.4. The summed E-state index contributed by atoms with van der Waals surface area (Å²) in [7, 11) is 0. The van der Waals surface area contributed by atoms with Gasteiger partial charge in [0.15, 0.2) is 0 Å². The van der Waals surface area contributed by atoms with Crippen LogP contribution in [0.4, 0.5) is 0 Å². The molecule has 208 valence electrons. The van der Waals surface area contributed by atoms with Gasteiger partial charge < -0.3 is 0 Å². The minimum absolute atomic E-state index is 0.624.